The lowest BCUT2D eigenvalue weighted by Crippen LogP contribution is -2.36. The standard InChI is InChI=1S/C13H19N3O/c1-9-12(7-10(14)8-15-9)13(17)16-11-5-3-2-4-6-11/h7-8,11H,2-6,14H2,1H3,(H,16,17). The number of anilines is 1. The van der Waals surface area contributed by atoms with E-state index in [1.54, 1.807) is 12.3 Å². The fraction of sp³-hybridized carbons (Fsp3) is 0.538. The van der Waals surface area contributed by atoms with E-state index in [1.165, 1.54) is 19.3 Å². The molecule has 1 aliphatic carbocycles. The molecule has 4 nitrogen and oxygen atoms in total. The fourth-order valence-corrected chi connectivity index (χ4v) is 2.29. The molecular formula is C13H19N3O. The maximum atomic E-state index is 12.1. The molecule has 1 aromatic rings. The molecule has 4 heteroatoms. The maximum absolute atomic E-state index is 12.1. The Labute approximate surface area is 102 Å². The number of nitrogens with zero attached hydrogens (tertiary/aromatic N) is 1. The molecule has 1 saturated carbocycles. The number of nitrogens with two attached hydrogens (primary N) is 1. The van der Waals surface area contributed by atoms with Crippen LogP contribution in [0.2, 0.25) is 0 Å². The van der Waals surface area contributed by atoms with Gasteiger partial charge in [-0.2, -0.15) is 0 Å². The van der Waals surface area contributed by atoms with Crippen molar-refractivity contribution in [2.45, 2.75) is 45.1 Å². The number of pyridine rings is 1. The summed E-state index contributed by atoms with van der Waals surface area (Å²) in [4.78, 5) is 16.2. The van der Waals surface area contributed by atoms with Crippen molar-refractivity contribution >= 4 is 11.6 Å². The van der Waals surface area contributed by atoms with E-state index in [0.717, 1.165) is 18.5 Å². The Morgan fingerprint density at radius 1 is 1.41 bits per heavy atom. The van der Waals surface area contributed by atoms with Crippen LogP contribution in [0.1, 0.15) is 48.2 Å². The van der Waals surface area contributed by atoms with E-state index in [-0.39, 0.29) is 5.91 Å². The Morgan fingerprint density at radius 3 is 2.82 bits per heavy atom. The van der Waals surface area contributed by atoms with E-state index in [4.69, 9.17) is 5.73 Å². The largest absolute Gasteiger partial charge is 0.397 e. The van der Waals surface area contributed by atoms with Gasteiger partial charge in [0.1, 0.15) is 0 Å². The van der Waals surface area contributed by atoms with Crippen molar-refractivity contribution in [3.63, 3.8) is 0 Å². The Hall–Kier alpha value is -1.58. The van der Waals surface area contributed by atoms with Gasteiger partial charge in [0.05, 0.1) is 23.1 Å². The molecule has 1 heterocycles. The number of aryl methyl sites for hydroxylation is 1. The van der Waals surface area contributed by atoms with Crippen LogP contribution < -0.4 is 11.1 Å². The van der Waals surface area contributed by atoms with Gasteiger partial charge in [-0.1, -0.05) is 19.3 Å². The summed E-state index contributed by atoms with van der Waals surface area (Å²) in [5.41, 5.74) is 7.51. The molecule has 0 spiro atoms. The van der Waals surface area contributed by atoms with Crippen LogP contribution in [0.5, 0.6) is 0 Å². The third-order valence-corrected chi connectivity index (χ3v) is 3.29. The first-order chi connectivity index (χ1) is 8.16. The normalized spacial score (nSPS) is 16.8. The summed E-state index contributed by atoms with van der Waals surface area (Å²) < 4.78 is 0. The van der Waals surface area contributed by atoms with Crippen LogP contribution in [0.4, 0.5) is 5.69 Å². The molecule has 3 N–H and O–H groups in total. The van der Waals surface area contributed by atoms with Crippen LogP contribution in [0.25, 0.3) is 0 Å². The number of carbonyl (C=O) groups excluding carboxylic acids is 1. The molecule has 2 rings (SSSR count). The Bertz CT molecular complexity index is 411. The summed E-state index contributed by atoms with van der Waals surface area (Å²) in [6.45, 7) is 1.83. The molecule has 0 aliphatic heterocycles. The third kappa shape index (κ3) is 2.96. The first-order valence-corrected chi connectivity index (χ1v) is 6.20. The molecule has 0 bridgehead atoms. The molecule has 0 saturated heterocycles. The van der Waals surface area contributed by atoms with Gasteiger partial charge >= 0.3 is 0 Å². The van der Waals surface area contributed by atoms with Gasteiger partial charge in [0, 0.05) is 6.04 Å². The van der Waals surface area contributed by atoms with Crippen molar-refractivity contribution in [2.24, 2.45) is 0 Å². The van der Waals surface area contributed by atoms with Crippen LogP contribution in [-0.4, -0.2) is 16.9 Å². The van der Waals surface area contributed by atoms with Crippen LogP contribution in [0.3, 0.4) is 0 Å². The van der Waals surface area contributed by atoms with Gasteiger partial charge in [-0.05, 0) is 25.8 Å². The SMILES string of the molecule is Cc1ncc(N)cc1C(=O)NC1CCCCC1. The van der Waals surface area contributed by atoms with Gasteiger partial charge in [0.2, 0.25) is 0 Å². The first-order valence-electron chi connectivity index (χ1n) is 6.20. The minimum absolute atomic E-state index is 0.0470. The zero-order valence-corrected chi connectivity index (χ0v) is 10.2. The lowest BCUT2D eigenvalue weighted by molar-refractivity contribution is 0.0926. The quantitative estimate of drug-likeness (QED) is 0.821. The average molecular weight is 233 g/mol. The highest BCUT2D eigenvalue weighted by Gasteiger charge is 2.18. The van der Waals surface area contributed by atoms with Crippen molar-refractivity contribution < 1.29 is 4.79 Å². The van der Waals surface area contributed by atoms with Gasteiger partial charge in [0.15, 0.2) is 0 Å². The first kappa shape index (κ1) is 11.9. The molecule has 17 heavy (non-hydrogen) atoms. The van der Waals surface area contributed by atoms with Crippen molar-refractivity contribution in [1.82, 2.24) is 10.3 Å². The van der Waals surface area contributed by atoms with E-state index in [2.05, 4.69) is 10.3 Å². The molecule has 1 fully saturated rings. The third-order valence-electron chi connectivity index (χ3n) is 3.29. The van der Waals surface area contributed by atoms with Gasteiger partial charge in [-0.15, -0.1) is 0 Å². The molecule has 0 aromatic carbocycles. The molecule has 0 atom stereocenters. The van der Waals surface area contributed by atoms with Crippen molar-refractivity contribution in [3.8, 4) is 0 Å². The zero-order chi connectivity index (χ0) is 12.3. The van der Waals surface area contributed by atoms with E-state index < -0.39 is 0 Å². The highest BCUT2D eigenvalue weighted by atomic mass is 16.1. The van der Waals surface area contributed by atoms with Crippen molar-refractivity contribution in [1.29, 1.82) is 0 Å². The fourth-order valence-electron chi connectivity index (χ4n) is 2.29. The monoisotopic (exact) mass is 233 g/mol. The van der Waals surface area contributed by atoms with Gasteiger partial charge < -0.3 is 11.1 Å². The van der Waals surface area contributed by atoms with Crippen molar-refractivity contribution in [3.05, 3.63) is 23.5 Å². The molecule has 92 valence electrons. The predicted octanol–water partition coefficient (Wildman–Crippen LogP) is 2.03. The summed E-state index contributed by atoms with van der Waals surface area (Å²) >= 11 is 0. The molecule has 0 unspecified atom stereocenters. The Morgan fingerprint density at radius 2 is 2.12 bits per heavy atom. The second kappa shape index (κ2) is 5.17. The lowest BCUT2D eigenvalue weighted by atomic mass is 9.95. The zero-order valence-electron chi connectivity index (χ0n) is 10.2. The number of aromatic nitrogens is 1. The number of hydrogen-bond donors (Lipinski definition) is 2. The van der Waals surface area contributed by atoms with E-state index in [0.29, 0.717) is 17.3 Å². The van der Waals surface area contributed by atoms with Crippen LogP contribution >= 0.6 is 0 Å². The second-order valence-corrected chi connectivity index (χ2v) is 4.71. The lowest BCUT2D eigenvalue weighted by Gasteiger charge is -2.23. The minimum atomic E-state index is -0.0470. The maximum Gasteiger partial charge on any atom is 0.253 e. The van der Waals surface area contributed by atoms with Crippen LogP contribution in [0, 0.1) is 6.92 Å². The average Bonchev–Trinajstić information content (AvgIpc) is 2.33. The molecule has 1 aromatic heterocycles. The van der Waals surface area contributed by atoms with E-state index in [9.17, 15) is 4.79 Å². The van der Waals surface area contributed by atoms with E-state index >= 15 is 0 Å². The highest BCUT2D eigenvalue weighted by molar-refractivity contribution is 5.96. The number of nitrogens with one attached hydrogen (secondary N) is 1. The topological polar surface area (TPSA) is 68.0 Å². The molecule has 1 aliphatic rings. The van der Waals surface area contributed by atoms with Crippen LogP contribution in [-0.2, 0) is 0 Å². The summed E-state index contributed by atoms with van der Waals surface area (Å²) in [7, 11) is 0. The number of hydrogen-bond acceptors (Lipinski definition) is 3. The molecule has 1 amide bonds. The van der Waals surface area contributed by atoms with Gasteiger partial charge in [-0.25, -0.2) is 0 Å². The number of amides is 1. The number of rotatable bonds is 2. The summed E-state index contributed by atoms with van der Waals surface area (Å²) in [6.07, 6.45) is 7.44. The van der Waals surface area contributed by atoms with Crippen molar-refractivity contribution in [2.75, 3.05) is 5.73 Å². The number of nitrogen functional groups attached to an aromatic ring is 1. The van der Waals surface area contributed by atoms with Crippen LogP contribution in [0.15, 0.2) is 12.3 Å². The molecule has 0 radical (unpaired) electrons. The summed E-state index contributed by atoms with van der Waals surface area (Å²) in [5, 5.41) is 3.07. The minimum Gasteiger partial charge on any atom is -0.397 e. The predicted molar refractivity (Wildman–Crippen MR) is 67.7 cm³/mol. The number of carbonyl (C=O) groups is 1. The second-order valence-electron chi connectivity index (χ2n) is 4.71. The molecular weight excluding hydrogens is 214 g/mol. The summed E-state index contributed by atoms with van der Waals surface area (Å²) in [6, 6.07) is 2.01. The Kier molecular flexibility index (Phi) is 3.61. The van der Waals surface area contributed by atoms with Gasteiger partial charge in [-0.3, -0.25) is 9.78 Å². The summed E-state index contributed by atoms with van der Waals surface area (Å²) in [5.74, 6) is -0.0470. The van der Waals surface area contributed by atoms with E-state index in [1.807, 2.05) is 6.92 Å². The smallest absolute Gasteiger partial charge is 0.253 e. The Balaban J connectivity index is 2.05. The highest BCUT2D eigenvalue weighted by Crippen LogP contribution is 2.18. The van der Waals surface area contributed by atoms with Gasteiger partial charge in [0.25, 0.3) is 5.91 Å².